The summed E-state index contributed by atoms with van der Waals surface area (Å²) >= 11 is 8.48. The normalized spacial score (nSPS) is 47.6. The highest BCUT2D eigenvalue weighted by atomic mass is 35.5. The highest BCUT2D eigenvalue weighted by Crippen LogP contribution is 2.47. The second-order valence-corrected chi connectivity index (χ2v) is 10.4. The molecule has 2 saturated heterocycles. The number of hydrogen-bond donors (Lipinski definition) is 2. The molecule has 0 aromatic heterocycles. The molecule has 1 saturated carbocycles. The minimum absolute atomic E-state index is 0.355. The van der Waals surface area contributed by atoms with Gasteiger partial charge in [0.05, 0.1) is 6.10 Å². The third-order valence-electron chi connectivity index (χ3n) is 7.17. The van der Waals surface area contributed by atoms with E-state index in [1.54, 1.807) is 0 Å². The lowest BCUT2D eigenvalue weighted by Crippen LogP contribution is -2.38. The van der Waals surface area contributed by atoms with Gasteiger partial charge in [-0.1, -0.05) is 17.7 Å². The van der Waals surface area contributed by atoms with Crippen molar-refractivity contribution in [1.82, 2.24) is 5.32 Å². The summed E-state index contributed by atoms with van der Waals surface area (Å²) < 4.78 is 5.86. The Hall–Kier alpha value is 0.260. The van der Waals surface area contributed by atoms with Gasteiger partial charge in [0.15, 0.2) is 0 Å². The standard InChI is InChI=1S/C20H32ClNO2S/c1-24-18-7-4-12(10-16(18)19-3-2-8-25-19)9-15-14-11-13(21)5-6-17(14)22-20(15)23/h5,12,14-20,22-23H,2-4,6-11H2,1H3/t12?,14?,15?,16?,17-,18-,19?,20?/m0/s1. The summed E-state index contributed by atoms with van der Waals surface area (Å²) in [5.74, 6) is 3.61. The van der Waals surface area contributed by atoms with Crippen LogP contribution in [0.25, 0.3) is 0 Å². The number of thioether (sulfide) groups is 1. The van der Waals surface area contributed by atoms with Crippen LogP contribution in [0.5, 0.6) is 0 Å². The van der Waals surface area contributed by atoms with Crippen molar-refractivity contribution in [3.05, 3.63) is 11.1 Å². The number of halogens is 1. The molecule has 0 spiro atoms. The van der Waals surface area contributed by atoms with Crippen LogP contribution >= 0.6 is 23.4 Å². The van der Waals surface area contributed by atoms with Crippen LogP contribution in [0.2, 0.25) is 0 Å². The second kappa shape index (κ2) is 8.10. The number of hydrogen-bond acceptors (Lipinski definition) is 4. The molecule has 0 radical (unpaired) electrons. The fraction of sp³-hybridized carbons (Fsp3) is 0.900. The molecule has 2 aliphatic heterocycles. The zero-order valence-corrected chi connectivity index (χ0v) is 16.8. The summed E-state index contributed by atoms with van der Waals surface area (Å²) in [6, 6.07) is 0.416. The molecule has 8 atom stereocenters. The average Bonchev–Trinajstić information content (AvgIpc) is 3.24. The topological polar surface area (TPSA) is 41.5 Å². The van der Waals surface area contributed by atoms with Crippen molar-refractivity contribution in [2.24, 2.45) is 23.7 Å². The monoisotopic (exact) mass is 385 g/mol. The number of methoxy groups -OCH3 is 1. The van der Waals surface area contributed by atoms with E-state index in [1.807, 2.05) is 7.11 Å². The van der Waals surface area contributed by atoms with Gasteiger partial charge in [-0.05, 0) is 74.9 Å². The molecule has 142 valence electrons. The molecule has 0 bridgehead atoms. The lowest BCUT2D eigenvalue weighted by atomic mass is 9.71. The van der Waals surface area contributed by atoms with Crippen LogP contribution in [0.3, 0.4) is 0 Å². The van der Waals surface area contributed by atoms with E-state index in [9.17, 15) is 5.11 Å². The van der Waals surface area contributed by atoms with Crippen molar-refractivity contribution >= 4 is 23.4 Å². The molecule has 4 rings (SSSR count). The van der Waals surface area contributed by atoms with E-state index in [4.69, 9.17) is 16.3 Å². The van der Waals surface area contributed by atoms with Crippen LogP contribution in [0.1, 0.15) is 51.4 Å². The van der Waals surface area contributed by atoms with Gasteiger partial charge in [0.1, 0.15) is 6.23 Å². The Morgan fingerprint density at radius 2 is 2.20 bits per heavy atom. The molecule has 4 aliphatic rings. The summed E-state index contributed by atoms with van der Waals surface area (Å²) in [4.78, 5) is 0. The van der Waals surface area contributed by atoms with Crippen molar-refractivity contribution < 1.29 is 9.84 Å². The first-order chi connectivity index (χ1) is 12.2. The number of aliphatic hydroxyl groups is 1. The van der Waals surface area contributed by atoms with Gasteiger partial charge in [-0.3, -0.25) is 5.32 Å². The number of aliphatic hydroxyl groups excluding tert-OH is 1. The Kier molecular flexibility index (Phi) is 6.03. The van der Waals surface area contributed by atoms with Crippen LogP contribution in [0.4, 0.5) is 0 Å². The van der Waals surface area contributed by atoms with Crippen LogP contribution in [0, 0.1) is 23.7 Å². The van der Waals surface area contributed by atoms with E-state index in [2.05, 4.69) is 23.2 Å². The quantitative estimate of drug-likeness (QED) is 0.763. The minimum Gasteiger partial charge on any atom is -0.381 e. The van der Waals surface area contributed by atoms with Crippen molar-refractivity contribution in [2.45, 2.75) is 75.0 Å². The number of rotatable bonds is 4. The molecule has 0 amide bonds. The van der Waals surface area contributed by atoms with Gasteiger partial charge in [0.2, 0.25) is 0 Å². The first kappa shape index (κ1) is 18.6. The molecule has 5 heteroatoms. The van der Waals surface area contributed by atoms with Gasteiger partial charge >= 0.3 is 0 Å². The predicted molar refractivity (Wildman–Crippen MR) is 105 cm³/mol. The Morgan fingerprint density at radius 1 is 1.32 bits per heavy atom. The maximum Gasteiger partial charge on any atom is 0.108 e. The zero-order chi connectivity index (χ0) is 17.4. The van der Waals surface area contributed by atoms with E-state index in [0.29, 0.717) is 29.9 Å². The SMILES string of the molecule is CO[C@H]1CCC(CC2C(O)N[C@H]3CC=C(Cl)CC23)CC1C1CCCS1. The molecule has 2 aliphatic carbocycles. The van der Waals surface area contributed by atoms with Gasteiger partial charge in [-0.2, -0.15) is 11.8 Å². The summed E-state index contributed by atoms with van der Waals surface area (Å²) in [6.45, 7) is 0. The highest BCUT2D eigenvalue weighted by Gasteiger charge is 2.45. The summed E-state index contributed by atoms with van der Waals surface area (Å²) in [5.41, 5.74) is 0. The lowest BCUT2D eigenvalue weighted by molar-refractivity contribution is -0.00319. The summed E-state index contributed by atoms with van der Waals surface area (Å²) in [5, 5.41) is 15.8. The van der Waals surface area contributed by atoms with Crippen LogP contribution in [-0.2, 0) is 4.74 Å². The van der Waals surface area contributed by atoms with Crippen molar-refractivity contribution in [3.63, 3.8) is 0 Å². The predicted octanol–water partition coefficient (Wildman–Crippen LogP) is 4.14. The summed E-state index contributed by atoms with van der Waals surface area (Å²) in [7, 11) is 1.89. The molecule has 25 heavy (non-hydrogen) atoms. The summed E-state index contributed by atoms with van der Waals surface area (Å²) in [6.07, 6.45) is 11.7. The molecule has 2 heterocycles. The molecule has 3 fully saturated rings. The highest BCUT2D eigenvalue weighted by molar-refractivity contribution is 8.00. The van der Waals surface area contributed by atoms with E-state index in [-0.39, 0.29) is 6.23 Å². The maximum atomic E-state index is 10.6. The van der Waals surface area contributed by atoms with Gasteiger partial charge in [-0.25, -0.2) is 0 Å². The first-order valence-electron chi connectivity index (χ1n) is 10.1. The molecule has 3 nitrogen and oxygen atoms in total. The van der Waals surface area contributed by atoms with Crippen LogP contribution < -0.4 is 5.32 Å². The fourth-order valence-corrected chi connectivity index (χ4v) is 7.66. The Labute approximate surface area is 161 Å². The average molecular weight is 386 g/mol. The third kappa shape index (κ3) is 3.94. The van der Waals surface area contributed by atoms with E-state index < -0.39 is 0 Å². The van der Waals surface area contributed by atoms with Gasteiger partial charge < -0.3 is 9.84 Å². The zero-order valence-electron chi connectivity index (χ0n) is 15.2. The number of nitrogens with one attached hydrogen (secondary N) is 1. The lowest BCUT2D eigenvalue weighted by Gasteiger charge is -2.40. The second-order valence-electron chi connectivity index (χ2n) is 8.54. The van der Waals surface area contributed by atoms with Gasteiger partial charge in [-0.15, -0.1) is 0 Å². The molecule has 6 unspecified atom stereocenters. The van der Waals surface area contributed by atoms with Crippen LogP contribution in [0.15, 0.2) is 11.1 Å². The van der Waals surface area contributed by atoms with Gasteiger partial charge in [0.25, 0.3) is 0 Å². The fourth-order valence-electron chi connectivity index (χ4n) is 5.89. The Bertz CT molecular complexity index is 494. The molecule has 2 N–H and O–H groups in total. The van der Waals surface area contributed by atoms with E-state index in [1.165, 1.54) is 37.9 Å². The van der Waals surface area contributed by atoms with Crippen molar-refractivity contribution in [2.75, 3.05) is 12.9 Å². The minimum atomic E-state index is -0.356. The van der Waals surface area contributed by atoms with E-state index in [0.717, 1.165) is 35.5 Å². The molecular formula is C20H32ClNO2S. The van der Waals surface area contributed by atoms with Crippen LogP contribution in [-0.4, -0.2) is 41.6 Å². The van der Waals surface area contributed by atoms with Crippen molar-refractivity contribution in [1.29, 1.82) is 0 Å². The molecule has 0 aromatic carbocycles. The number of ether oxygens (including phenoxy) is 1. The Balaban J connectivity index is 1.41. The maximum absolute atomic E-state index is 10.6. The first-order valence-corrected chi connectivity index (χ1v) is 11.5. The number of allylic oxidation sites excluding steroid dienone is 1. The van der Waals surface area contributed by atoms with Crippen molar-refractivity contribution in [3.8, 4) is 0 Å². The third-order valence-corrected chi connectivity index (χ3v) is 9.02. The Morgan fingerprint density at radius 3 is 2.96 bits per heavy atom. The molecule has 0 aromatic rings. The smallest absolute Gasteiger partial charge is 0.108 e. The van der Waals surface area contributed by atoms with Gasteiger partial charge in [0, 0.05) is 29.4 Å². The molecular weight excluding hydrogens is 354 g/mol. The van der Waals surface area contributed by atoms with E-state index >= 15 is 0 Å². The number of fused-ring (bicyclic) bond motifs is 1. The largest absolute Gasteiger partial charge is 0.381 e.